The first kappa shape index (κ1) is 15.8. The minimum Gasteiger partial charge on any atom is -0.369 e. The van der Waals surface area contributed by atoms with Gasteiger partial charge in [-0.3, -0.25) is 0 Å². The van der Waals surface area contributed by atoms with Gasteiger partial charge in [-0.25, -0.2) is 0 Å². The van der Waals surface area contributed by atoms with Gasteiger partial charge in [0.1, 0.15) is 0 Å². The van der Waals surface area contributed by atoms with Crippen molar-refractivity contribution in [2.75, 3.05) is 11.4 Å². The van der Waals surface area contributed by atoms with Crippen molar-refractivity contribution >= 4 is 21.6 Å². The van der Waals surface area contributed by atoms with E-state index in [1.807, 2.05) is 0 Å². The summed E-state index contributed by atoms with van der Waals surface area (Å²) in [4.78, 5) is 2.54. The van der Waals surface area contributed by atoms with Gasteiger partial charge < -0.3 is 10.6 Å². The van der Waals surface area contributed by atoms with Gasteiger partial charge in [0.2, 0.25) is 0 Å². The maximum absolute atomic E-state index is 6.06. The molecule has 0 aliphatic carbocycles. The highest BCUT2D eigenvalue weighted by Gasteiger charge is 2.23. The van der Waals surface area contributed by atoms with Crippen LogP contribution in [0.15, 0.2) is 22.7 Å². The number of piperidine rings is 1. The summed E-state index contributed by atoms with van der Waals surface area (Å²) in [7, 11) is 0. The van der Waals surface area contributed by atoms with Crippen LogP contribution >= 0.6 is 15.9 Å². The Hall–Kier alpha value is -0.540. The van der Waals surface area contributed by atoms with Crippen molar-refractivity contribution in [2.24, 2.45) is 11.7 Å². The Morgan fingerprint density at radius 1 is 1.40 bits per heavy atom. The van der Waals surface area contributed by atoms with Gasteiger partial charge in [-0.15, -0.1) is 0 Å². The van der Waals surface area contributed by atoms with Gasteiger partial charge in [0, 0.05) is 28.8 Å². The quantitative estimate of drug-likeness (QED) is 0.883. The van der Waals surface area contributed by atoms with Gasteiger partial charge >= 0.3 is 0 Å². The molecule has 1 aromatic rings. The Balaban J connectivity index is 2.12. The molecule has 0 bridgehead atoms. The minimum atomic E-state index is 0.256. The standard InChI is InChI=1S/C17H27BrN2/c1-4-15(19)10-14-5-6-16(11-17(14)18)20-8-7-12(2)9-13(20)3/h5-6,11-13,15H,4,7-10,19H2,1-3H3. The molecule has 0 saturated carbocycles. The van der Waals surface area contributed by atoms with E-state index >= 15 is 0 Å². The monoisotopic (exact) mass is 338 g/mol. The Bertz CT molecular complexity index is 447. The Morgan fingerprint density at radius 2 is 2.15 bits per heavy atom. The van der Waals surface area contributed by atoms with E-state index in [-0.39, 0.29) is 6.04 Å². The summed E-state index contributed by atoms with van der Waals surface area (Å²) in [5, 5.41) is 0. The van der Waals surface area contributed by atoms with Crippen LogP contribution in [-0.4, -0.2) is 18.6 Å². The zero-order chi connectivity index (χ0) is 14.7. The van der Waals surface area contributed by atoms with Crippen LogP contribution in [0.4, 0.5) is 5.69 Å². The SMILES string of the molecule is CCC(N)Cc1ccc(N2CCC(C)CC2C)cc1Br. The highest BCUT2D eigenvalue weighted by Crippen LogP contribution is 2.31. The van der Waals surface area contributed by atoms with Crippen LogP contribution in [0.5, 0.6) is 0 Å². The van der Waals surface area contributed by atoms with Gasteiger partial charge in [-0.05, 0) is 56.2 Å². The molecule has 3 unspecified atom stereocenters. The van der Waals surface area contributed by atoms with E-state index in [9.17, 15) is 0 Å². The zero-order valence-electron chi connectivity index (χ0n) is 12.9. The number of rotatable bonds is 4. The first-order chi connectivity index (χ1) is 9.51. The molecule has 0 aromatic heterocycles. The highest BCUT2D eigenvalue weighted by atomic mass is 79.9. The molecule has 0 radical (unpaired) electrons. The lowest BCUT2D eigenvalue weighted by Gasteiger charge is -2.38. The minimum absolute atomic E-state index is 0.256. The second-order valence-electron chi connectivity index (χ2n) is 6.32. The first-order valence-corrected chi connectivity index (χ1v) is 8.61. The lowest BCUT2D eigenvalue weighted by molar-refractivity contribution is 0.378. The normalized spacial score (nSPS) is 24.8. The van der Waals surface area contributed by atoms with E-state index < -0.39 is 0 Å². The summed E-state index contributed by atoms with van der Waals surface area (Å²) in [6.07, 6.45) is 4.56. The van der Waals surface area contributed by atoms with Gasteiger partial charge in [0.25, 0.3) is 0 Å². The molecular weight excluding hydrogens is 312 g/mol. The van der Waals surface area contributed by atoms with E-state index in [1.165, 1.54) is 35.1 Å². The van der Waals surface area contributed by atoms with Crippen molar-refractivity contribution < 1.29 is 0 Å². The predicted molar refractivity (Wildman–Crippen MR) is 91.3 cm³/mol. The lowest BCUT2D eigenvalue weighted by Crippen LogP contribution is -2.40. The maximum Gasteiger partial charge on any atom is 0.0380 e. The Kier molecular flexibility index (Phi) is 5.50. The third-order valence-corrected chi connectivity index (χ3v) is 5.25. The molecule has 1 aliphatic heterocycles. The van der Waals surface area contributed by atoms with Gasteiger partial charge in [-0.1, -0.05) is 35.8 Å². The van der Waals surface area contributed by atoms with Crippen LogP contribution in [0.1, 0.15) is 45.6 Å². The van der Waals surface area contributed by atoms with Crippen LogP contribution < -0.4 is 10.6 Å². The van der Waals surface area contributed by atoms with Crippen LogP contribution in [0.3, 0.4) is 0 Å². The third kappa shape index (κ3) is 3.76. The Labute approximate surface area is 131 Å². The van der Waals surface area contributed by atoms with Crippen molar-refractivity contribution in [3.05, 3.63) is 28.2 Å². The topological polar surface area (TPSA) is 29.3 Å². The highest BCUT2D eigenvalue weighted by molar-refractivity contribution is 9.10. The number of nitrogens with zero attached hydrogens (tertiary/aromatic N) is 1. The smallest absolute Gasteiger partial charge is 0.0380 e. The fraction of sp³-hybridized carbons (Fsp3) is 0.647. The fourth-order valence-corrected chi connectivity index (χ4v) is 3.63. The summed E-state index contributed by atoms with van der Waals surface area (Å²) in [5.41, 5.74) is 8.72. The molecule has 0 spiro atoms. The second-order valence-corrected chi connectivity index (χ2v) is 7.17. The van der Waals surface area contributed by atoms with Crippen molar-refractivity contribution in [1.29, 1.82) is 0 Å². The molecule has 112 valence electrons. The Morgan fingerprint density at radius 3 is 2.75 bits per heavy atom. The van der Waals surface area contributed by atoms with Crippen molar-refractivity contribution in [1.82, 2.24) is 0 Å². The van der Waals surface area contributed by atoms with Crippen LogP contribution in [0, 0.1) is 5.92 Å². The van der Waals surface area contributed by atoms with E-state index in [0.29, 0.717) is 6.04 Å². The predicted octanol–water partition coefficient (Wildman–Crippen LogP) is 4.35. The number of anilines is 1. The van der Waals surface area contributed by atoms with E-state index in [0.717, 1.165) is 18.8 Å². The average molecular weight is 339 g/mol. The summed E-state index contributed by atoms with van der Waals surface area (Å²) < 4.78 is 1.20. The number of hydrogen-bond donors (Lipinski definition) is 1. The van der Waals surface area contributed by atoms with E-state index in [2.05, 4.69) is 59.8 Å². The number of nitrogens with two attached hydrogens (primary N) is 1. The molecule has 3 atom stereocenters. The van der Waals surface area contributed by atoms with Crippen LogP contribution in [-0.2, 0) is 6.42 Å². The number of halogens is 1. The van der Waals surface area contributed by atoms with E-state index in [1.54, 1.807) is 0 Å². The summed E-state index contributed by atoms with van der Waals surface area (Å²) in [5.74, 6) is 0.853. The van der Waals surface area contributed by atoms with Gasteiger partial charge in [0.15, 0.2) is 0 Å². The molecule has 0 amide bonds. The molecule has 1 fully saturated rings. The number of benzene rings is 1. The van der Waals surface area contributed by atoms with Crippen molar-refractivity contribution in [3.8, 4) is 0 Å². The molecule has 2 nitrogen and oxygen atoms in total. The van der Waals surface area contributed by atoms with Crippen molar-refractivity contribution in [3.63, 3.8) is 0 Å². The molecule has 1 saturated heterocycles. The molecule has 2 N–H and O–H groups in total. The van der Waals surface area contributed by atoms with Gasteiger partial charge in [-0.2, -0.15) is 0 Å². The lowest BCUT2D eigenvalue weighted by atomic mass is 9.93. The fourth-order valence-electron chi connectivity index (χ4n) is 3.10. The molecule has 1 aromatic carbocycles. The molecule has 1 aliphatic rings. The summed E-state index contributed by atoms with van der Waals surface area (Å²) in [6.45, 7) is 8.01. The largest absolute Gasteiger partial charge is 0.369 e. The molecular formula is C17H27BrN2. The van der Waals surface area contributed by atoms with E-state index in [4.69, 9.17) is 5.73 Å². The number of hydrogen-bond acceptors (Lipinski definition) is 2. The molecule has 20 heavy (non-hydrogen) atoms. The third-order valence-electron chi connectivity index (χ3n) is 4.51. The molecule has 1 heterocycles. The average Bonchev–Trinajstić information content (AvgIpc) is 2.41. The first-order valence-electron chi connectivity index (χ1n) is 7.81. The van der Waals surface area contributed by atoms with Crippen molar-refractivity contribution in [2.45, 2.75) is 58.5 Å². The van der Waals surface area contributed by atoms with Gasteiger partial charge in [0.05, 0.1) is 0 Å². The van der Waals surface area contributed by atoms with Crippen LogP contribution in [0.25, 0.3) is 0 Å². The van der Waals surface area contributed by atoms with Crippen LogP contribution in [0.2, 0.25) is 0 Å². The molecule has 3 heteroatoms. The zero-order valence-corrected chi connectivity index (χ0v) is 14.5. The molecule has 2 rings (SSSR count). The summed E-state index contributed by atoms with van der Waals surface area (Å²) >= 11 is 3.72. The maximum atomic E-state index is 6.06. The summed E-state index contributed by atoms with van der Waals surface area (Å²) in [6, 6.07) is 7.65. The second kappa shape index (κ2) is 6.95.